The van der Waals surface area contributed by atoms with E-state index in [2.05, 4.69) is 6.58 Å². The first-order valence-electron chi connectivity index (χ1n) is 13.3. The molecule has 3 saturated heterocycles. The number of esters is 1. The van der Waals surface area contributed by atoms with Crippen LogP contribution in [0, 0.1) is 11.8 Å². The number of fused-ring (bicyclic) bond motifs is 1. The molecule has 0 aliphatic carbocycles. The van der Waals surface area contributed by atoms with Crippen LogP contribution in [0.2, 0.25) is 0 Å². The molecule has 9 heteroatoms. The molecule has 1 N–H and O–H groups in total. The zero-order valence-electron chi connectivity index (χ0n) is 22.2. The molecular weight excluding hydrogens is 516 g/mol. The van der Waals surface area contributed by atoms with Crippen molar-refractivity contribution in [3.8, 4) is 5.75 Å². The lowest BCUT2D eigenvalue weighted by molar-refractivity contribution is -0.154. The van der Waals surface area contributed by atoms with Crippen LogP contribution in [0.5, 0.6) is 5.75 Å². The highest BCUT2D eigenvalue weighted by Crippen LogP contribution is 2.67. The molecule has 2 unspecified atom stereocenters. The number of hydrogen-bond donors (Lipinski definition) is 1. The van der Waals surface area contributed by atoms with E-state index < -0.39 is 28.7 Å². The lowest BCUT2D eigenvalue weighted by Crippen LogP contribution is -2.56. The molecule has 2 aromatic carbocycles. The van der Waals surface area contributed by atoms with Crippen LogP contribution in [-0.4, -0.2) is 70.7 Å². The number of methoxy groups -OCH3 is 1. The van der Waals surface area contributed by atoms with Gasteiger partial charge in [-0.15, -0.1) is 18.3 Å². The van der Waals surface area contributed by atoms with Crippen molar-refractivity contribution in [2.75, 3.05) is 31.8 Å². The highest BCUT2D eigenvalue weighted by atomic mass is 32.2. The molecule has 3 fully saturated rings. The zero-order chi connectivity index (χ0) is 27.7. The van der Waals surface area contributed by atoms with Gasteiger partial charge in [-0.1, -0.05) is 36.4 Å². The summed E-state index contributed by atoms with van der Waals surface area (Å²) in [5.41, 5.74) is 1.38. The van der Waals surface area contributed by atoms with Crippen molar-refractivity contribution >= 4 is 35.2 Å². The van der Waals surface area contributed by atoms with Crippen LogP contribution in [0.1, 0.15) is 31.4 Å². The van der Waals surface area contributed by atoms with Crippen molar-refractivity contribution in [2.24, 2.45) is 11.8 Å². The van der Waals surface area contributed by atoms with E-state index in [4.69, 9.17) is 9.47 Å². The zero-order valence-corrected chi connectivity index (χ0v) is 23.0. The molecule has 1 spiro atoms. The molecule has 2 bridgehead atoms. The second-order valence-electron chi connectivity index (χ2n) is 10.1. The molecule has 3 heterocycles. The number of benzene rings is 2. The Bertz CT molecular complexity index is 1240. The average Bonchev–Trinajstić information content (AvgIpc) is 3.60. The molecule has 206 valence electrons. The van der Waals surface area contributed by atoms with E-state index in [0.29, 0.717) is 24.3 Å². The van der Waals surface area contributed by atoms with Crippen LogP contribution in [0.4, 0.5) is 5.69 Å². The fourth-order valence-corrected chi connectivity index (χ4v) is 8.79. The van der Waals surface area contributed by atoms with Crippen molar-refractivity contribution in [1.29, 1.82) is 0 Å². The maximum Gasteiger partial charge on any atom is 0.310 e. The Hall–Kier alpha value is -3.30. The summed E-state index contributed by atoms with van der Waals surface area (Å²) >= 11 is 1.58. The normalized spacial score (nSPS) is 27.7. The monoisotopic (exact) mass is 550 g/mol. The molecule has 0 saturated carbocycles. The van der Waals surface area contributed by atoms with E-state index in [9.17, 15) is 19.5 Å². The minimum atomic E-state index is -0.885. The summed E-state index contributed by atoms with van der Waals surface area (Å²) in [5, 5.41) is 10.5. The number of anilines is 1. The largest absolute Gasteiger partial charge is 0.497 e. The molecule has 2 amide bonds. The van der Waals surface area contributed by atoms with Crippen LogP contribution >= 0.6 is 11.8 Å². The number of hydrogen-bond acceptors (Lipinski definition) is 7. The molecule has 0 radical (unpaired) electrons. The molecule has 0 aromatic heterocycles. The molecule has 8 nitrogen and oxygen atoms in total. The summed E-state index contributed by atoms with van der Waals surface area (Å²) in [7, 11) is 1.58. The minimum Gasteiger partial charge on any atom is -0.497 e. The van der Waals surface area contributed by atoms with Crippen LogP contribution in [-0.2, 0) is 19.1 Å². The van der Waals surface area contributed by atoms with Gasteiger partial charge in [0.05, 0.1) is 42.9 Å². The van der Waals surface area contributed by atoms with Gasteiger partial charge in [-0.2, -0.15) is 0 Å². The molecule has 3 aliphatic rings. The van der Waals surface area contributed by atoms with E-state index in [1.165, 1.54) is 0 Å². The van der Waals surface area contributed by atoms with Gasteiger partial charge in [0.2, 0.25) is 5.91 Å². The van der Waals surface area contributed by atoms with Gasteiger partial charge in [-0.05, 0) is 49.6 Å². The number of rotatable bonds is 10. The smallest absolute Gasteiger partial charge is 0.310 e. The fourth-order valence-electron chi connectivity index (χ4n) is 6.60. The minimum absolute atomic E-state index is 0.0893. The number of aliphatic hydroxyl groups excluding tert-OH is 1. The third kappa shape index (κ3) is 4.41. The Morgan fingerprint density at radius 3 is 2.56 bits per heavy atom. The molecule has 2 aromatic rings. The second-order valence-corrected chi connectivity index (χ2v) is 11.7. The van der Waals surface area contributed by atoms with Crippen molar-refractivity contribution in [2.45, 2.75) is 41.8 Å². The quantitative estimate of drug-likeness (QED) is 0.357. The Kier molecular flexibility index (Phi) is 7.73. The second kappa shape index (κ2) is 11.1. The van der Waals surface area contributed by atoms with Crippen LogP contribution in [0.15, 0.2) is 67.3 Å². The number of amides is 2. The maximum absolute atomic E-state index is 14.7. The summed E-state index contributed by atoms with van der Waals surface area (Å²) in [6.07, 6.45) is 2.99. The highest BCUT2D eigenvalue weighted by Gasteiger charge is 2.75. The average molecular weight is 551 g/mol. The third-order valence-corrected chi connectivity index (χ3v) is 10.1. The first-order valence-corrected chi connectivity index (χ1v) is 14.2. The van der Waals surface area contributed by atoms with Crippen LogP contribution < -0.4 is 9.64 Å². The van der Waals surface area contributed by atoms with Crippen molar-refractivity contribution in [3.63, 3.8) is 0 Å². The van der Waals surface area contributed by atoms with Gasteiger partial charge >= 0.3 is 5.97 Å². The predicted molar refractivity (Wildman–Crippen MR) is 149 cm³/mol. The number of aliphatic hydroxyl groups is 1. The van der Waals surface area contributed by atoms with Crippen molar-refractivity contribution in [1.82, 2.24) is 4.90 Å². The first-order chi connectivity index (χ1) is 18.9. The van der Waals surface area contributed by atoms with Crippen LogP contribution in [0.25, 0.3) is 0 Å². The SMILES string of the molecule is C=CCN(C(=O)C1N([C@H](CO)c2ccccc2)C(=O)[C@@H]2[C@H](C(=O)OCC)[C@@H]3CCC12S3)c1ccc(OC)cc1. The predicted octanol–water partition coefficient (Wildman–Crippen LogP) is 3.60. The lowest BCUT2D eigenvalue weighted by atomic mass is 9.71. The summed E-state index contributed by atoms with van der Waals surface area (Å²) < 4.78 is 9.91. The van der Waals surface area contributed by atoms with Gasteiger partial charge < -0.3 is 24.4 Å². The fraction of sp³-hybridized carbons (Fsp3) is 0.433. The van der Waals surface area contributed by atoms with Gasteiger partial charge in [-0.3, -0.25) is 14.4 Å². The van der Waals surface area contributed by atoms with E-state index in [1.54, 1.807) is 65.9 Å². The lowest BCUT2D eigenvalue weighted by Gasteiger charge is -2.39. The summed E-state index contributed by atoms with van der Waals surface area (Å²) in [5.74, 6) is -1.59. The maximum atomic E-state index is 14.7. The molecular formula is C30H34N2O6S. The summed E-state index contributed by atoms with van der Waals surface area (Å²) in [4.78, 5) is 45.4. The number of thioether (sulfide) groups is 1. The molecule has 3 aliphatic heterocycles. The summed E-state index contributed by atoms with van der Waals surface area (Å²) in [6, 6.07) is 14.8. The van der Waals surface area contributed by atoms with Gasteiger partial charge in [0.15, 0.2) is 0 Å². The Labute approximate surface area is 232 Å². The van der Waals surface area contributed by atoms with Crippen molar-refractivity contribution in [3.05, 3.63) is 72.8 Å². The number of ether oxygens (including phenoxy) is 2. The number of likely N-dealkylation sites (tertiary alicyclic amines) is 1. The van der Waals surface area contributed by atoms with Gasteiger partial charge in [0.1, 0.15) is 11.8 Å². The summed E-state index contributed by atoms with van der Waals surface area (Å²) in [6.45, 7) is 5.71. The van der Waals surface area contributed by atoms with E-state index in [-0.39, 0.29) is 42.8 Å². The Morgan fingerprint density at radius 1 is 1.23 bits per heavy atom. The van der Waals surface area contributed by atoms with Gasteiger partial charge in [-0.25, -0.2) is 0 Å². The first kappa shape index (κ1) is 27.3. The van der Waals surface area contributed by atoms with Crippen molar-refractivity contribution < 1.29 is 29.0 Å². The number of carbonyl (C=O) groups is 3. The standard InChI is InChI=1S/C30H34N2O6S/c1-4-17-31(20-11-13-21(37-3)14-12-20)28(35)26-30-16-15-23(39-30)24(29(36)38-5-2)25(30)27(34)32(26)22(18-33)19-9-7-6-8-10-19/h4,6-14,22-26,33H,1,5,15-18H2,2-3H3/t22-,23+,24-,25+,26?,30?/m1/s1. The highest BCUT2D eigenvalue weighted by molar-refractivity contribution is 8.02. The Morgan fingerprint density at radius 2 is 1.95 bits per heavy atom. The molecule has 6 atom stereocenters. The van der Waals surface area contributed by atoms with Gasteiger partial charge in [0.25, 0.3) is 5.91 Å². The van der Waals surface area contributed by atoms with E-state index >= 15 is 0 Å². The number of nitrogens with zero attached hydrogens (tertiary/aromatic N) is 2. The Balaban J connectivity index is 1.63. The number of carbonyl (C=O) groups excluding carboxylic acids is 3. The third-order valence-electron chi connectivity index (χ3n) is 8.19. The topological polar surface area (TPSA) is 96.4 Å². The van der Waals surface area contributed by atoms with Gasteiger partial charge in [0, 0.05) is 17.5 Å². The molecule has 5 rings (SSSR count). The van der Waals surface area contributed by atoms with E-state index in [0.717, 1.165) is 5.56 Å². The van der Waals surface area contributed by atoms with E-state index in [1.807, 2.05) is 30.3 Å². The molecule has 39 heavy (non-hydrogen) atoms. The van der Waals surface area contributed by atoms with Crippen LogP contribution in [0.3, 0.4) is 0 Å².